The maximum absolute atomic E-state index is 2.47. The van der Waals surface area contributed by atoms with Crippen LogP contribution in [0.3, 0.4) is 0 Å². The molecule has 0 fully saturated rings. The van der Waals surface area contributed by atoms with Crippen molar-refractivity contribution in [1.29, 1.82) is 0 Å². The monoisotopic (exact) mass is 335 g/mol. The van der Waals surface area contributed by atoms with Gasteiger partial charge in [-0.05, 0) is 77.6 Å². The highest BCUT2D eigenvalue weighted by molar-refractivity contribution is 5.83. The van der Waals surface area contributed by atoms with Crippen LogP contribution in [0, 0.1) is 41.5 Å². The zero-order chi connectivity index (χ0) is 18.5. The van der Waals surface area contributed by atoms with Gasteiger partial charge in [0.1, 0.15) is 23.5 Å². The highest BCUT2D eigenvalue weighted by Gasteiger charge is 2.39. The van der Waals surface area contributed by atoms with Gasteiger partial charge >= 0.3 is 0 Å². The molecule has 1 aliphatic heterocycles. The summed E-state index contributed by atoms with van der Waals surface area (Å²) >= 11 is 0. The number of benzene rings is 2. The van der Waals surface area contributed by atoms with E-state index in [1.54, 1.807) is 0 Å². The second kappa shape index (κ2) is 6.33. The maximum Gasteiger partial charge on any atom is 0.245 e. The lowest BCUT2D eigenvalue weighted by Gasteiger charge is -2.20. The van der Waals surface area contributed by atoms with Gasteiger partial charge in [0.05, 0.1) is 0 Å². The zero-order valence-electron chi connectivity index (χ0n) is 16.9. The Morgan fingerprint density at radius 3 is 1.64 bits per heavy atom. The minimum absolute atomic E-state index is 0.431. The van der Waals surface area contributed by atoms with Crippen LogP contribution in [-0.2, 0) is 0 Å². The largest absolute Gasteiger partial charge is 0.245 e. The second-order valence-electron chi connectivity index (χ2n) is 7.91. The summed E-state index contributed by atoms with van der Waals surface area (Å²) in [6.45, 7) is 17.9. The van der Waals surface area contributed by atoms with Crippen LogP contribution in [0.15, 0.2) is 24.3 Å². The van der Waals surface area contributed by atoms with Crippen molar-refractivity contribution in [3.63, 3.8) is 0 Å². The summed E-state index contributed by atoms with van der Waals surface area (Å²) in [6, 6.07) is 10.0. The molecule has 2 aromatic rings. The second-order valence-corrected chi connectivity index (χ2v) is 7.91. The van der Waals surface area contributed by atoms with Crippen molar-refractivity contribution in [2.45, 2.75) is 67.5 Å². The first-order chi connectivity index (χ1) is 11.7. The fourth-order valence-electron chi connectivity index (χ4n) is 4.49. The van der Waals surface area contributed by atoms with E-state index in [2.05, 4.69) is 95.5 Å². The van der Waals surface area contributed by atoms with Crippen LogP contribution >= 0.6 is 0 Å². The van der Waals surface area contributed by atoms with E-state index in [1.807, 2.05) is 0 Å². The van der Waals surface area contributed by atoms with E-state index in [0.29, 0.717) is 12.1 Å². The van der Waals surface area contributed by atoms with Gasteiger partial charge in [0, 0.05) is 0 Å². The molecule has 2 atom stereocenters. The number of hydrogen-bond donors (Lipinski definition) is 0. The Morgan fingerprint density at radius 2 is 1.16 bits per heavy atom. The molecular weight excluding hydrogens is 304 g/mol. The van der Waals surface area contributed by atoms with Gasteiger partial charge in [-0.25, -0.2) is 9.48 Å². The van der Waals surface area contributed by atoms with Crippen LogP contribution in [-0.4, -0.2) is 23.0 Å². The molecule has 132 valence electrons. The van der Waals surface area contributed by atoms with E-state index in [-0.39, 0.29) is 0 Å². The highest BCUT2D eigenvalue weighted by Crippen LogP contribution is 2.34. The van der Waals surface area contributed by atoms with Crippen molar-refractivity contribution in [1.82, 2.24) is 0 Å². The summed E-state index contributed by atoms with van der Waals surface area (Å²) in [5.74, 6) is 0. The van der Waals surface area contributed by atoms with Crippen molar-refractivity contribution < 1.29 is 4.58 Å². The van der Waals surface area contributed by atoms with Crippen molar-refractivity contribution in [3.05, 3.63) is 57.6 Å². The maximum atomic E-state index is 2.47. The van der Waals surface area contributed by atoms with E-state index in [9.17, 15) is 0 Å². The third-order valence-corrected chi connectivity index (χ3v) is 5.61. The lowest BCUT2D eigenvalue weighted by Crippen LogP contribution is -2.34. The molecule has 0 spiro atoms. The Morgan fingerprint density at radius 1 is 0.720 bits per heavy atom. The van der Waals surface area contributed by atoms with Crippen molar-refractivity contribution in [2.75, 3.05) is 4.90 Å². The summed E-state index contributed by atoms with van der Waals surface area (Å²) < 4.78 is 2.47. The normalized spacial score (nSPS) is 20.2. The molecule has 2 nitrogen and oxygen atoms in total. The molecule has 0 unspecified atom stereocenters. The molecule has 0 radical (unpaired) electrons. The predicted octanol–water partition coefficient (Wildman–Crippen LogP) is 5.51. The van der Waals surface area contributed by atoms with Gasteiger partial charge in [-0.1, -0.05) is 35.4 Å². The quantitative estimate of drug-likeness (QED) is 0.656. The highest BCUT2D eigenvalue weighted by atomic mass is 15.3. The van der Waals surface area contributed by atoms with Gasteiger partial charge in [0.25, 0.3) is 0 Å². The van der Waals surface area contributed by atoms with Gasteiger partial charge in [-0.3, -0.25) is 0 Å². The van der Waals surface area contributed by atoms with Crippen LogP contribution in [0.25, 0.3) is 0 Å². The van der Waals surface area contributed by atoms with Crippen LogP contribution in [0.4, 0.5) is 11.4 Å². The number of hydrogen-bond acceptors (Lipinski definition) is 1. The lowest BCUT2D eigenvalue weighted by atomic mass is 10.0. The van der Waals surface area contributed by atoms with Crippen molar-refractivity contribution in [3.8, 4) is 0 Å². The summed E-state index contributed by atoms with van der Waals surface area (Å²) in [7, 11) is 0. The number of aryl methyl sites for hydroxylation is 6. The Labute approximate surface area is 152 Å². The molecule has 3 rings (SSSR count). The smallest absolute Gasteiger partial charge is 0.226 e. The number of nitrogens with zero attached hydrogens (tertiary/aromatic N) is 2. The predicted molar refractivity (Wildman–Crippen MR) is 109 cm³/mol. The first-order valence-electron chi connectivity index (χ1n) is 9.28. The molecule has 0 amide bonds. The molecule has 25 heavy (non-hydrogen) atoms. The molecule has 0 saturated heterocycles. The van der Waals surface area contributed by atoms with Gasteiger partial charge in [-0.15, -0.1) is 0 Å². The molecule has 0 N–H and O–H groups in total. The van der Waals surface area contributed by atoms with Gasteiger partial charge in [0.15, 0.2) is 0 Å². The minimum atomic E-state index is 0.431. The molecule has 1 heterocycles. The Hall–Kier alpha value is -2.09. The molecule has 0 aliphatic carbocycles. The Bertz CT molecular complexity index is 814. The van der Waals surface area contributed by atoms with Gasteiger partial charge < -0.3 is 0 Å². The lowest BCUT2D eigenvalue weighted by molar-refractivity contribution is -0.469. The van der Waals surface area contributed by atoms with E-state index in [0.717, 1.165) is 0 Å². The van der Waals surface area contributed by atoms with Crippen LogP contribution < -0.4 is 4.90 Å². The summed E-state index contributed by atoms with van der Waals surface area (Å²) in [5.41, 5.74) is 10.8. The number of anilines is 1. The fourth-order valence-corrected chi connectivity index (χ4v) is 4.49. The van der Waals surface area contributed by atoms with E-state index in [1.165, 1.54) is 44.8 Å². The number of rotatable bonds is 2. The summed E-state index contributed by atoms with van der Waals surface area (Å²) in [5, 5.41) is 0. The Balaban J connectivity index is 2.14. The molecule has 2 aromatic carbocycles. The van der Waals surface area contributed by atoms with E-state index in [4.69, 9.17) is 0 Å². The summed E-state index contributed by atoms with van der Waals surface area (Å²) in [4.78, 5) is 2.47. The first kappa shape index (κ1) is 17.7. The standard InChI is InChI=1S/C23H31N2/c1-14-9-16(3)22(17(4)10-14)24-13-25(21(8)20(24)7)23-18(5)11-15(2)12-19(23)6/h9-13,20-21H,1-8H3/q+1/t20-,21-/m0/s1. The SMILES string of the molecule is Cc1cc(C)c(N2C=[N+](c3c(C)cc(C)cc3C)[C@@H](C)[C@@H]2C)c(C)c1. The molecule has 0 saturated carbocycles. The molecule has 0 aromatic heterocycles. The van der Waals surface area contributed by atoms with Crippen LogP contribution in [0.2, 0.25) is 0 Å². The molecule has 0 bridgehead atoms. The zero-order valence-corrected chi connectivity index (χ0v) is 16.9. The van der Waals surface area contributed by atoms with E-state index >= 15 is 0 Å². The summed E-state index contributed by atoms with van der Waals surface area (Å²) in [6.07, 6.45) is 2.32. The van der Waals surface area contributed by atoms with Crippen LogP contribution in [0.5, 0.6) is 0 Å². The molecule has 1 aliphatic rings. The fraction of sp³-hybridized carbons (Fsp3) is 0.435. The molecule has 2 heteroatoms. The average molecular weight is 336 g/mol. The van der Waals surface area contributed by atoms with Gasteiger partial charge in [0.2, 0.25) is 6.34 Å². The third-order valence-electron chi connectivity index (χ3n) is 5.61. The average Bonchev–Trinajstić information content (AvgIpc) is 2.74. The Kier molecular flexibility index (Phi) is 4.49. The van der Waals surface area contributed by atoms with E-state index < -0.39 is 0 Å². The topological polar surface area (TPSA) is 6.25 Å². The van der Waals surface area contributed by atoms with Gasteiger partial charge in [-0.2, -0.15) is 0 Å². The van der Waals surface area contributed by atoms with Crippen molar-refractivity contribution >= 4 is 17.7 Å². The minimum Gasteiger partial charge on any atom is -0.226 e. The molecular formula is C23H31N2+. The first-order valence-corrected chi connectivity index (χ1v) is 9.28. The van der Waals surface area contributed by atoms with Crippen molar-refractivity contribution in [2.24, 2.45) is 0 Å². The van der Waals surface area contributed by atoms with Crippen LogP contribution in [0.1, 0.15) is 47.2 Å². The third kappa shape index (κ3) is 2.99.